The van der Waals surface area contributed by atoms with Crippen molar-refractivity contribution in [3.05, 3.63) is 34.3 Å². The number of carboxylic acid groups (broad SMARTS) is 1. The third-order valence-corrected chi connectivity index (χ3v) is 4.26. The zero-order valence-corrected chi connectivity index (χ0v) is 12.9. The number of hydrogen-bond acceptors (Lipinski definition) is 2. The van der Waals surface area contributed by atoms with Crippen LogP contribution in [0.4, 0.5) is 0 Å². The molecule has 2 rings (SSSR count). The van der Waals surface area contributed by atoms with Crippen molar-refractivity contribution in [1.29, 1.82) is 0 Å². The maximum atomic E-state index is 12.0. The molecule has 1 saturated carbocycles. The number of aliphatic carboxylic acids is 1. The number of rotatable bonds is 6. The van der Waals surface area contributed by atoms with E-state index in [-0.39, 0.29) is 11.8 Å². The van der Waals surface area contributed by atoms with E-state index in [1.54, 1.807) is 6.92 Å². The van der Waals surface area contributed by atoms with Crippen LogP contribution in [0, 0.1) is 5.92 Å². The number of carboxylic acids is 1. The second-order valence-corrected chi connectivity index (χ2v) is 6.38. The Bertz CT molecular complexity index is 528. The minimum Gasteiger partial charge on any atom is -0.480 e. The summed E-state index contributed by atoms with van der Waals surface area (Å²) in [4.78, 5) is 23.3. The van der Waals surface area contributed by atoms with Crippen LogP contribution in [-0.2, 0) is 16.0 Å². The third kappa shape index (κ3) is 3.60. The molecule has 1 aliphatic rings. The van der Waals surface area contributed by atoms with E-state index in [0.29, 0.717) is 12.8 Å². The smallest absolute Gasteiger partial charge is 0.329 e. The van der Waals surface area contributed by atoms with Gasteiger partial charge in [-0.1, -0.05) is 28.1 Å². The molecule has 1 aliphatic carbocycles. The first-order valence-electron chi connectivity index (χ1n) is 6.70. The van der Waals surface area contributed by atoms with Crippen molar-refractivity contribution in [2.45, 2.75) is 38.1 Å². The fourth-order valence-electron chi connectivity index (χ4n) is 2.29. The Labute approximate surface area is 126 Å². The van der Waals surface area contributed by atoms with Crippen LogP contribution in [0.15, 0.2) is 28.7 Å². The summed E-state index contributed by atoms with van der Waals surface area (Å²) < 4.78 is 0.976. The highest BCUT2D eigenvalue weighted by molar-refractivity contribution is 9.10. The van der Waals surface area contributed by atoms with Gasteiger partial charge in [-0.15, -0.1) is 0 Å². The van der Waals surface area contributed by atoms with E-state index in [2.05, 4.69) is 21.2 Å². The van der Waals surface area contributed by atoms with E-state index in [0.717, 1.165) is 22.9 Å². The average Bonchev–Trinajstić information content (AvgIpc) is 3.20. The number of hydrogen-bond donors (Lipinski definition) is 2. The van der Waals surface area contributed by atoms with Crippen LogP contribution in [0.25, 0.3) is 0 Å². The molecule has 2 N–H and O–H groups in total. The van der Waals surface area contributed by atoms with Crippen LogP contribution in [0.2, 0.25) is 0 Å². The van der Waals surface area contributed by atoms with Crippen LogP contribution in [0.3, 0.4) is 0 Å². The number of carbonyl (C=O) groups is 2. The van der Waals surface area contributed by atoms with Gasteiger partial charge in [-0.05, 0) is 49.8 Å². The topological polar surface area (TPSA) is 66.4 Å². The lowest BCUT2D eigenvalue weighted by Gasteiger charge is -2.26. The number of nitrogens with one attached hydrogen (secondary N) is 1. The normalized spacial score (nSPS) is 17.3. The van der Waals surface area contributed by atoms with Gasteiger partial charge in [0.2, 0.25) is 5.91 Å². The molecule has 4 nitrogen and oxygen atoms in total. The molecule has 0 radical (unpaired) electrons. The van der Waals surface area contributed by atoms with Gasteiger partial charge in [0.1, 0.15) is 5.54 Å². The second-order valence-electron chi connectivity index (χ2n) is 5.46. The van der Waals surface area contributed by atoms with E-state index < -0.39 is 11.5 Å². The van der Waals surface area contributed by atoms with Gasteiger partial charge in [-0.25, -0.2) is 4.79 Å². The average molecular weight is 340 g/mol. The molecule has 0 bridgehead atoms. The molecule has 5 heteroatoms. The minimum absolute atomic E-state index is 0.0646. The van der Waals surface area contributed by atoms with E-state index in [1.807, 2.05) is 24.3 Å². The fraction of sp³-hybridized carbons (Fsp3) is 0.467. The van der Waals surface area contributed by atoms with Crippen LogP contribution >= 0.6 is 15.9 Å². The minimum atomic E-state index is -1.12. The van der Waals surface area contributed by atoms with Gasteiger partial charge in [-0.3, -0.25) is 4.79 Å². The largest absolute Gasteiger partial charge is 0.480 e. The van der Waals surface area contributed by atoms with Crippen molar-refractivity contribution in [2.75, 3.05) is 0 Å². The molecule has 1 aromatic rings. The molecule has 0 aromatic heterocycles. The van der Waals surface area contributed by atoms with Gasteiger partial charge in [-0.2, -0.15) is 0 Å². The molecule has 1 unspecified atom stereocenters. The first-order valence-corrected chi connectivity index (χ1v) is 7.50. The maximum Gasteiger partial charge on any atom is 0.329 e. The van der Waals surface area contributed by atoms with Gasteiger partial charge in [0.15, 0.2) is 0 Å². The number of halogens is 1. The summed E-state index contributed by atoms with van der Waals surface area (Å²) >= 11 is 3.39. The quantitative estimate of drug-likeness (QED) is 0.837. The van der Waals surface area contributed by atoms with E-state index >= 15 is 0 Å². The van der Waals surface area contributed by atoms with Gasteiger partial charge in [0.05, 0.1) is 0 Å². The van der Waals surface area contributed by atoms with Crippen molar-refractivity contribution in [2.24, 2.45) is 5.92 Å². The molecule has 1 fully saturated rings. The monoisotopic (exact) mass is 339 g/mol. The number of benzene rings is 1. The van der Waals surface area contributed by atoms with Crippen LogP contribution < -0.4 is 5.32 Å². The Morgan fingerprint density at radius 2 is 2.15 bits per heavy atom. The highest BCUT2D eigenvalue weighted by atomic mass is 79.9. The maximum absolute atomic E-state index is 12.0. The Balaban J connectivity index is 1.90. The molecule has 20 heavy (non-hydrogen) atoms. The number of amides is 1. The highest BCUT2D eigenvalue weighted by Crippen LogP contribution is 2.39. The Kier molecular flexibility index (Phi) is 4.48. The van der Waals surface area contributed by atoms with E-state index in [4.69, 9.17) is 0 Å². The number of aryl methyl sites for hydroxylation is 1. The zero-order chi connectivity index (χ0) is 14.8. The van der Waals surface area contributed by atoms with Gasteiger partial charge >= 0.3 is 5.97 Å². The molecule has 0 saturated heterocycles. The van der Waals surface area contributed by atoms with Crippen molar-refractivity contribution in [3.63, 3.8) is 0 Å². The van der Waals surface area contributed by atoms with E-state index in [1.165, 1.54) is 0 Å². The molecule has 0 aliphatic heterocycles. The van der Waals surface area contributed by atoms with Crippen molar-refractivity contribution < 1.29 is 14.7 Å². The van der Waals surface area contributed by atoms with Gasteiger partial charge in [0, 0.05) is 10.9 Å². The van der Waals surface area contributed by atoms with E-state index in [9.17, 15) is 14.7 Å². The number of carbonyl (C=O) groups excluding carboxylic acids is 1. The molecular weight excluding hydrogens is 322 g/mol. The summed E-state index contributed by atoms with van der Waals surface area (Å²) in [5.74, 6) is -1.09. The highest BCUT2D eigenvalue weighted by Gasteiger charge is 2.48. The van der Waals surface area contributed by atoms with Gasteiger partial charge in [0.25, 0.3) is 0 Å². The first kappa shape index (κ1) is 15.0. The summed E-state index contributed by atoms with van der Waals surface area (Å²) in [6.07, 6.45) is 2.64. The second kappa shape index (κ2) is 5.95. The molecule has 1 atom stereocenters. The Morgan fingerprint density at radius 3 is 2.70 bits per heavy atom. The summed E-state index contributed by atoms with van der Waals surface area (Å²) in [6.45, 7) is 1.60. The van der Waals surface area contributed by atoms with Gasteiger partial charge < -0.3 is 10.4 Å². The van der Waals surface area contributed by atoms with Crippen molar-refractivity contribution in [3.8, 4) is 0 Å². The molecular formula is C15H18BrNO3. The Morgan fingerprint density at radius 1 is 1.45 bits per heavy atom. The predicted molar refractivity (Wildman–Crippen MR) is 79.4 cm³/mol. The first-order chi connectivity index (χ1) is 9.41. The molecule has 108 valence electrons. The van der Waals surface area contributed by atoms with Crippen molar-refractivity contribution in [1.82, 2.24) is 5.32 Å². The Hall–Kier alpha value is -1.36. The van der Waals surface area contributed by atoms with Crippen LogP contribution in [0.5, 0.6) is 0 Å². The van der Waals surface area contributed by atoms with Crippen molar-refractivity contribution >= 4 is 27.8 Å². The predicted octanol–water partition coefficient (Wildman–Crippen LogP) is 2.75. The molecule has 1 amide bonds. The lowest BCUT2D eigenvalue weighted by molar-refractivity contribution is -0.147. The third-order valence-electron chi connectivity index (χ3n) is 3.77. The standard InChI is InChI=1S/C15H18BrNO3/c1-15(14(19)20,11-6-7-11)17-13(18)8-5-10-3-2-4-12(16)9-10/h2-4,9,11H,5-8H2,1H3,(H,17,18)(H,19,20). The molecule has 1 aromatic carbocycles. The summed E-state index contributed by atoms with van der Waals surface area (Å²) in [5, 5.41) is 12.0. The fourth-order valence-corrected chi connectivity index (χ4v) is 2.74. The van der Waals surface area contributed by atoms with Crippen LogP contribution in [-0.4, -0.2) is 22.5 Å². The summed E-state index contributed by atoms with van der Waals surface area (Å²) in [5.41, 5.74) is -0.0630. The zero-order valence-electron chi connectivity index (χ0n) is 11.4. The van der Waals surface area contributed by atoms with Crippen LogP contribution in [0.1, 0.15) is 31.7 Å². The summed E-state index contributed by atoms with van der Waals surface area (Å²) in [6, 6.07) is 7.76. The SMILES string of the molecule is CC(NC(=O)CCc1cccc(Br)c1)(C(=O)O)C1CC1. The summed E-state index contributed by atoms with van der Waals surface area (Å²) in [7, 11) is 0. The lowest BCUT2D eigenvalue weighted by Crippen LogP contribution is -2.54. The lowest BCUT2D eigenvalue weighted by atomic mass is 9.95. The molecule has 0 spiro atoms. The molecule has 0 heterocycles.